The van der Waals surface area contributed by atoms with E-state index in [0.29, 0.717) is 42.2 Å². The Kier molecular flexibility index (Phi) is 8.39. The Morgan fingerprint density at radius 1 is 1.05 bits per heavy atom. The Balaban J connectivity index is 1.10. The second-order valence-electron chi connectivity index (χ2n) is 10.6. The van der Waals surface area contributed by atoms with Crippen molar-refractivity contribution < 1.29 is 18.7 Å². The van der Waals surface area contributed by atoms with E-state index in [9.17, 15) is 9.59 Å². The topological polar surface area (TPSA) is 87.9 Å². The lowest BCUT2D eigenvalue weighted by molar-refractivity contribution is -0.126. The lowest BCUT2D eigenvalue weighted by Gasteiger charge is -2.34. The first-order valence-corrected chi connectivity index (χ1v) is 13.8. The van der Waals surface area contributed by atoms with Gasteiger partial charge in [0, 0.05) is 49.8 Å². The number of carbonyl (C=O) groups is 2. The van der Waals surface area contributed by atoms with Gasteiger partial charge in [-0.3, -0.25) is 14.5 Å². The molecule has 0 bridgehead atoms. The maximum atomic E-state index is 13.2. The van der Waals surface area contributed by atoms with Crippen LogP contribution in [0.4, 0.5) is 0 Å². The molecule has 2 aliphatic heterocycles. The highest BCUT2D eigenvalue weighted by Crippen LogP contribution is 2.28. The van der Waals surface area contributed by atoms with Gasteiger partial charge in [0.15, 0.2) is 5.58 Å². The summed E-state index contributed by atoms with van der Waals surface area (Å²) >= 11 is 0. The number of morpholine rings is 1. The third kappa shape index (κ3) is 6.25. The predicted molar refractivity (Wildman–Crippen MR) is 147 cm³/mol. The first-order valence-electron chi connectivity index (χ1n) is 13.8. The largest absolute Gasteiger partial charge is 0.436 e. The minimum atomic E-state index is -0.0534. The van der Waals surface area contributed by atoms with E-state index in [2.05, 4.69) is 15.2 Å². The van der Waals surface area contributed by atoms with Crippen LogP contribution in [0, 0.1) is 18.8 Å². The summed E-state index contributed by atoms with van der Waals surface area (Å²) in [6, 6.07) is 13.5. The first kappa shape index (κ1) is 26.4. The molecule has 0 saturated carbocycles. The summed E-state index contributed by atoms with van der Waals surface area (Å²) < 4.78 is 11.3. The second kappa shape index (κ2) is 12.1. The number of oxazole rings is 1. The molecule has 0 spiro atoms. The normalized spacial score (nSPS) is 18.0. The van der Waals surface area contributed by atoms with Gasteiger partial charge >= 0.3 is 0 Å². The van der Waals surface area contributed by atoms with Crippen molar-refractivity contribution in [3.8, 4) is 11.5 Å². The van der Waals surface area contributed by atoms with Gasteiger partial charge in [-0.15, -0.1) is 0 Å². The number of rotatable bonds is 8. The number of aryl methyl sites for hydroxylation is 1. The van der Waals surface area contributed by atoms with Crippen LogP contribution in [0.2, 0.25) is 0 Å². The average molecular weight is 519 g/mol. The molecule has 2 aliphatic rings. The van der Waals surface area contributed by atoms with Crippen LogP contribution in [0.15, 0.2) is 46.9 Å². The zero-order valence-corrected chi connectivity index (χ0v) is 22.4. The Bertz CT molecular complexity index is 1240. The van der Waals surface area contributed by atoms with Crippen LogP contribution in [-0.4, -0.2) is 79.1 Å². The van der Waals surface area contributed by atoms with Crippen molar-refractivity contribution in [1.82, 2.24) is 20.1 Å². The first-order chi connectivity index (χ1) is 18.5. The third-order valence-corrected chi connectivity index (χ3v) is 7.93. The Labute approximate surface area is 224 Å². The molecule has 2 fully saturated rings. The molecule has 8 nitrogen and oxygen atoms in total. The molecule has 0 radical (unpaired) electrons. The zero-order chi connectivity index (χ0) is 26.5. The molecule has 2 saturated heterocycles. The van der Waals surface area contributed by atoms with Crippen LogP contribution in [0.1, 0.15) is 42.1 Å². The van der Waals surface area contributed by atoms with Crippen LogP contribution in [0.5, 0.6) is 0 Å². The number of aromatic nitrogens is 1. The van der Waals surface area contributed by atoms with Crippen molar-refractivity contribution >= 4 is 22.9 Å². The maximum Gasteiger partial charge on any atom is 0.253 e. The molecule has 1 N–H and O–H groups in total. The van der Waals surface area contributed by atoms with Crippen LogP contribution in [0.25, 0.3) is 22.6 Å². The van der Waals surface area contributed by atoms with E-state index < -0.39 is 0 Å². The number of piperidine rings is 1. The van der Waals surface area contributed by atoms with Crippen molar-refractivity contribution in [1.29, 1.82) is 0 Å². The fourth-order valence-electron chi connectivity index (χ4n) is 5.38. The number of nitrogens with zero attached hydrogens (tertiary/aromatic N) is 3. The van der Waals surface area contributed by atoms with E-state index in [-0.39, 0.29) is 23.7 Å². The molecule has 0 unspecified atom stereocenters. The molecule has 8 heteroatoms. The molecular formula is C30H38N4O4. The number of likely N-dealkylation sites (tertiary alicyclic amines) is 1. The van der Waals surface area contributed by atoms with Gasteiger partial charge in [0.05, 0.1) is 13.2 Å². The summed E-state index contributed by atoms with van der Waals surface area (Å²) in [7, 11) is 0. The van der Waals surface area contributed by atoms with Gasteiger partial charge in [0.25, 0.3) is 5.91 Å². The van der Waals surface area contributed by atoms with Gasteiger partial charge in [-0.1, -0.05) is 24.6 Å². The van der Waals surface area contributed by atoms with E-state index in [0.717, 1.165) is 57.7 Å². The minimum absolute atomic E-state index is 0.00505. The monoisotopic (exact) mass is 518 g/mol. The minimum Gasteiger partial charge on any atom is -0.436 e. The molecule has 3 aromatic rings. The van der Waals surface area contributed by atoms with Gasteiger partial charge in [0.2, 0.25) is 11.8 Å². The summed E-state index contributed by atoms with van der Waals surface area (Å²) in [6.45, 7) is 10.6. The Hall–Kier alpha value is -3.23. The summed E-state index contributed by atoms with van der Waals surface area (Å²) in [5, 5.41) is 3.12. The summed E-state index contributed by atoms with van der Waals surface area (Å²) in [6.07, 6.45) is 2.61. The molecule has 0 aliphatic carbocycles. The zero-order valence-electron chi connectivity index (χ0n) is 22.4. The Morgan fingerprint density at radius 2 is 1.79 bits per heavy atom. The summed E-state index contributed by atoms with van der Waals surface area (Å²) in [4.78, 5) is 34.9. The third-order valence-electron chi connectivity index (χ3n) is 7.93. The fraction of sp³-hybridized carbons (Fsp3) is 0.500. The van der Waals surface area contributed by atoms with Gasteiger partial charge in [-0.2, -0.15) is 0 Å². The number of amides is 2. The van der Waals surface area contributed by atoms with E-state index in [1.54, 1.807) is 0 Å². The van der Waals surface area contributed by atoms with Gasteiger partial charge in [-0.25, -0.2) is 4.98 Å². The number of hydrogen-bond acceptors (Lipinski definition) is 6. The van der Waals surface area contributed by atoms with E-state index in [1.807, 2.05) is 61.2 Å². The molecule has 2 amide bonds. The highest BCUT2D eigenvalue weighted by atomic mass is 16.5. The highest BCUT2D eigenvalue weighted by molar-refractivity contribution is 5.97. The van der Waals surface area contributed by atoms with E-state index >= 15 is 0 Å². The number of hydrogen-bond donors (Lipinski definition) is 1. The molecule has 2 aromatic carbocycles. The maximum absolute atomic E-state index is 13.2. The molecule has 38 heavy (non-hydrogen) atoms. The number of ether oxygens (including phenoxy) is 1. The number of benzene rings is 2. The van der Waals surface area contributed by atoms with Crippen molar-refractivity contribution in [2.45, 2.75) is 33.1 Å². The highest BCUT2D eigenvalue weighted by Gasteiger charge is 2.30. The lowest BCUT2D eigenvalue weighted by Crippen LogP contribution is -2.43. The fourth-order valence-corrected chi connectivity index (χ4v) is 5.38. The molecule has 202 valence electrons. The molecule has 3 heterocycles. The number of carbonyl (C=O) groups excluding carboxylic acids is 2. The molecule has 1 atom stereocenters. The van der Waals surface area contributed by atoms with Crippen LogP contribution in [0.3, 0.4) is 0 Å². The number of fused-ring (bicyclic) bond motifs is 1. The van der Waals surface area contributed by atoms with Gasteiger partial charge in [-0.05, 0) is 69.0 Å². The second-order valence-corrected chi connectivity index (χ2v) is 10.6. The molecule has 1 aromatic heterocycles. The Morgan fingerprint density at radius 3 is 2.53 bits per heavy atom. The smallest absolute Gasteiger partial charge is 0.253 e. The van der Waals surface area contributed by atoms with Crippen molar-refractivity contribution in [3.05, 3.63) is 53.6 Å². The SMILES string of the molecule is Cc1ccc(-c2nc3cc(C(=O)N4CCC([C@@H](C)C(=O)NCCCN5CCOCC5)CC4)ccc3o2)cc1. The van der Waals surface area contributed by atoms with E-state index in [4.69, 9.17) is 9.15 Å². The quantitative estimate of drug-likeness (QED) is 0.451. The average Bonchev–Trinajstić information content (AvgIpc) is 3.39. The van der Waals surface area contributed by atoms with Crippen LogP contribution in [-0.2, 0) is 9.53 Å². The lowest BCUT2D eigenvalue weighted by atomic mass is 9.84. The predicted octanol–water partition coefficient (Wildman–Crippen LogP) is 4.13. The van der Waals surface area contributed by atoms with Crippen LogP contribution >= 0.6 is 0 Å². The molecule has 5 rings (SSSR count). The van der Waals surface area contributed by atoms with Crippen molar-refractivity contribution in [3.63, 3.8) is 0 Å². The molecular weight excluding hydrogens is 480 g/mol. The summed E-state index contributed by atoms with van der Waals surface area (Å²) in [5.41, 5.74) is 4.06. The van der Waals surface area contributed by atoms with Gasteiger partial charge < -0.3 is 19.4 Å². The standard InChI is InChI=1S/C30H38N4O4/c1-21-4-6-24(7-5-21)29-32-26-20-25(8-9-27(26)38-29)30(36)34-14-10-23(11-15-34)22(2)28(35)31-12-3-13-33-16-18-37-19-17-33/h4-9,20,22-23H,3,10-19H2,1-2H3,(H,31,35)/t22-/m1/s1. The van der Waals surface area contributed by atoms with Crippen molar-refractivity contribution in [2.24, 2.45) is 11.8 Å². The van der Waals surface area contributed by atoms with Crippen molar-refractivity contribution in [2.75, 3.05) is 52.5 Å². The number of nitrogens with one attached hydrogen (secondary N) is 1. The van der Waals surface area contributed by atoms with Crippen LogP contribution < -0.4 is 5.32 Å². The summed E-state index contributed by atoms with van der Waals surface area (Å²) in [5.74, 6) is 0.914. The van der Waals surface area contributed by atoms with E-state index in [1.165, 1.54) is 5.56 Å². The van der Waals surface area contributed by atoms with Gasteiger partial charge in [0.1, 0.15) is 5.52 Å².